The van der Waals surface area contributed by atoms with Crippen LogP contribution in [-0.2, 0) is 22.6 Å². The Kier molecular flexibility index (Phi) is 9.86. The van der Waals surface area contributed by atoms with E-state index in [9.17, 15) is 9.59 Å². The molecule has 1 saturated carbocycles. The Morgan fingerprint density at radius 1 is 0.865 bits per heavy atom. The number of nitrogens with zero attached hydrogens (tertiary/aromatic N) is 1. The van der Waals surface area contributed by atoms with E-state index in [1.165, 1.54) is 6.42 Å². The van der Waals surface area contributed by atoms with Crippen molar-refractivity contribution in [1.29, 1.82) is 0 Å². The van der Waals surface area contributed by atoms with E-state index in [-0.39, 0.29) is 31.0 Å². The fourth-order valence-corrected chi connectivity index (χ4v) is 4.99. The first kappa shape index (κ1) is 27.0. The van der Waals surface area contributed by atoms with Crippen molar-refractivity contribution in [1.82, 2.24) is 10.2 Å². The minimum absolute atomic E-state index is 0.131. The lowest BCUT2D eigenvalue weighted by atomic mass is 9.94. The number of amides is 2. The first-order valence-electron chi connectivity index (χ1n) is 12.7. The zero-order valence-electron chi connectivity index (χ0n) is 20.7. The predicted molar refractivity (Wildman–Crippen MR) is 148 cm³/mol. The molecule has 1 atom stereocenters. The third-order valence-electron chi connectivity index (χ3n) is 6.68. The van der Waals surface area contributed by atoms with Crippen LogP contribution in [0.3, 0.4) is 0 Å². The van der Waals surface area contributed by atoms with E-state index in [2.05, 4.69) is 5.32 Å². The highest BCUT2D eigenvalue weighted by molar-refractivity contribution is 6.32. The molecule has 0 aromatic heterocycles. The molecular formula is C30H32Cl2N2O3. The number of hydrogen-bond acceptors (Lipinski definition) is 3. The van der Waals surface area contributed by atoms with Crippen molar-refractivity contribution in [2.75, 3.05) is 6.61 Å². The van der Waals surface area contributed by atoms with Gasteiger partial charge in [0.25, 0.3) is 5.91 Å². The smallest absolute Gasteiger partial charge is 0.261 e. The van der Waals surface area contributed by atoms with Gasteiger partial charge < -0.3 is 15.0 Å². The number of hydrogen-bond donors (Lipinski definition) is 1. The summed E-state index contributed by atoms with van der Waals surface area (Å²) < 4.78 is 5.79. The van der Waals surface area contributed by atoms with Gasteiger partial charge in [-0.2, -0.15) is 0 Å². The molecule has 0 saturated heterocycles. The first-order valence-corrected chi connectivity index (χ1v) is 13.5. The quantitative estimate of drug-likeness (QED) is 0.322. The van der Waals surface area contributed by atoms with Gasteiger partial charge in [-0.05, 0) is 48.2 Å². The van der Waals surface area contributed by atoms with Gasteiger partial charge in [0.15, 0.2) is 6.61 Å². The predicted octanol–water partition coefficient (Wildman–Crippen LogP) is 6.46. The molecule has 4 rings (SSSR count). The third kappa shape index (κ3) is 7.98. The van der Waals surface area contributed by atoms with Crippen LogP contribution < -0.4 is 10.1 Å². The van der Waals surface area contributed by atoms with Crippen molar-refractivity contribution in [3.05, 3.63) is 100 Å². The topological polar surface area (TPSA) is 58.6 Å². The lowest BCUT2D eigenvalue weighted by Crippen LogP contribution is -2.53. The number of benzene rings is 3. The maximum absolute atomic E-state index is 13.7. The lowest BCUT2D eigenvalue weighted by Gasteiger charge is -2.33. The third-order valence-corrected chi connectivity index (χ3v) is 7.24. The summed E-state index contributed by atoms with van der Waals surface area (Å²) in [6.07, 6.45) is 5.72. The van der Waals surface area contributed by atoms with Gasteiger partial charge in [-0.3, -0.25) is 9.59 Å². The fourth-order valence-electron chi connectivity index (χ4n) is 4.67. The Morgan fingerprint density at radius 3 is 2.24 bits per heavy atom. The number of carbonyl (C=O) groups excluding carboxylic acids is 2. The van der Waals surface area contributed by atoms with E-state index in [4.69, 9.17) is 27.9 Å². The summed E-state index contributed by atoms with van der Waals surface area (Å²) in [6.45, 7) is 0.0107. The maximum Gasteiger partial charge on any atom is 0.261 e. The van der Waals surface area contributed by atoms with E-state index in [0.29, 0.717) is 22.2 Å². The molecule has 0 aliphatic heterocycles. The normalized spacial score (nSPS) is 14.5. The number of carbonyl (C=O) groups is 2. The number of ether oxygens (including phenoxy) is 1. The van der Waals surface area contributed by atoms with Gasteiger partial charge in [-0.15, -0.1) is 0 Å². The molecule has 0 heterocycles. The second-order valence-corrected chi connectivity index (χ2v) is 10.3. The Balaban J connectivity index is 1.61. The van der Waals surface area contributed by atoms with Crippen LogP contribution in [0.5, 0.6) is 5.75 Å². The summed E-state index contributed by atoms with van der Waals surface area (Å²) in [4.78, 5) is 29.0. The van der Waals surface area contributed by atoms with E-state index in [1.807, 2.05) is 42.5 Å². The highest BCUT2D eigenvalue weighted by Crippen LogP contribution is 2.24. The average Bonchev–Trinajstić information content (AvgIpc) is 2.92. The Hall–Kier alpha value is -3.02. The second kappa shape index (κ2) is 13.5. The van der Waals surface area contributed by atoms with Crippen molar-refractivity contribution >= 4 is 35.0 Å². The van der Waals surface area contributed by atoms with Crippen LogP contribution in [0.1, 0.15) is 43.2 Å². The van der Waals surface area contributed by atoms with Gasteiger partial charge in [0.1, 0.15) is 11.8 Å². The van der Waals surface area contributed by atoms with Crippen LogP contribution in [0.25, 0.3) is 0 Å². The second-order valence-electron chi connectivity index (χ2n) is 9.42. The van der Waals surface area contributed by atoms with Gasteiger partial charge in [0.2, 0.25) is 5.91 Å². The Morgan fingerprint density at radius 2 is 1.54 bits per heavy atom. The molecule has 1 aliphatic rings. The molecule has 1 fully saturated rings. The summed E-state index contributed by atoms with van der Waals surface area (Å²) in [5.74, 6) is -0.0133. The number of halogens is 2. The fraction of sp³-hybridized carbons (Fsp3) is 0.333. The molecule has 3 aromatic carbocycles. The summed E-state index contributed by atoms with van der Waals surface area (Å²) >= 11 is 12.3. The SMILES string of the molecule is O=C(NC1CCCCC1)[C@@H](Cc1ccccc1)N(Cc1ccc(Cl)cc1)C(=O)COc1ccccc1Cl. The largest absolute Gasteiger partial charge is 0.482 e. The lowest BCUT2D eigenvalue weighted by molar-refractivity contribution is -0.143. The van der Waals surface area contributed by atoms with E-state index in [1.54, 1.807) is 41.3 Å². The standard InChI is InChI=1S/C30H32Cl2N2O3/c31-24-17-15-23(16-18-24)20-34(29(35)21-37-28-14-8-7-13-26(28)32)27(19-22-9-3-1-4-10-22)30(36)33-25-11-5-2-6-12-25/h1,3-4,7-10,13-18,25,27H,2,5-6,11-12,19-21H2,(H,33,36)/t27-/m1/s1. The Bertz CT molecular complexity index is 1160. The zero-order valence-corrected chi connectivity index (χ0v) is 22.3. The van der Waals surface area contributed by atoms with Crippen molar-refractivity contribution in [2.45, 2.75) is 57.2 Å². The van der Waals surface area contributed by atoms with Crippen LogP contribution >= 0.6 is 23.2 Å². The van der Waals surface area contributed by atoms with Gasteiger partial charge in [0.05, 0.1) is 5.02 Å². The number of rotatable bonds is 10. The van der Waals surface area contributed by atoms with Crippen LogP contribution in [-0.4, -0.2) is 35.4 Å². The molecule has 1 aliphatic carbocycles. The molecule has 194 valence electrons. The molecule has 0 bridgehead atoms. The van der Waals surface area contributed by atoms with Gasteiger partial charge in [-0.1, -0.05) is 97.1 Å². The maximum atomic E-state index is 13.7. The molecule has 0 radical (unpaired) electrons. The van der Waals surface area contributed by atoms with E-state index < -0.39 is 6.04 Å². The number of para-hydroxylation sites is 1. The van der Waals surface area contributed by atoms with Crippen LogP contribution in [0, 0.1) is 0 Å². The first-order chi connectivity index (χ1) is 18.0. The highest BCUT2D eigenvalue weighted by atomic mass is 35.5. The molecule has 0 unspecified atom stereocenters. The van der Waals surface area contributed by atoms with Crippen LogP contribution in [0.15, 0.2) is 78.9 Å². The van der Waals surface area contributed by atoms with Crippen LogP contribution in [0.4, 0.5) is 0 Å². The highest BCUT2D eigenvalue weighted by Gasteiger charge is 2.32. The van der Waals surface area contributed by atoms with Gasteiger partial charge in [-0.25, -0.2) is 0 Å². The molecular weight excluding hydrogens is 507 g/mol. The van der Waals surface area contributed by atoms with Crippen molar-refractivity contribution in [3.8, 4) is 5.75 Å². The van der Waals surface area contributed by atoms with Gasteiger partial charge in [0, 0.05) is 24.0 Å². The van der Waals surface area contributed by atoms with Crippen molar-refractivity contribution in [2.24, 2.45) is 0 Å². The molecule has 2 amide bonds. The summed E-state index contributed by atoms with van der Waals surface area (Å²) in [7, 11) is 0. The molecule has 37 heavy (non-hydrogen) atoms. The minimum Gasteiger partial charge on any atom is -0.482 e. The molecule has 7 heteroatoms. The van der Waals surface area contributed by atoms with Crippen molar-refractivity contribution in [3.63, 3.8) is 0 Å². The summed E-state index contributed by atoms with van der Waals surface area (Å²) in [5.41, 5.74) is 1.85. The minimum atomic E-state index is -0.706. The zero-order chi connectivity index (χ0) is 26.0. The molecule has 5 nitrogen and oxygen atoms in total. The van der Waals surface area contributed by atoms with Crippen LogP contribution in [0.2, 0.25) is 10.0 Å². The molecule has 1 N–H and O–H groups in total. The van der Waals surface area contributed by atoms with E-state index in [0.717, 1.165) is 36.8 Å². The van der Waals surface area contributed by atoms with E-state index >= 15 is 0 Å². The summed E-state index contributed by atoms with van der Waals surface area (Å²) in [5, 5.41) is 4.27. The van der Waals surface area contributed by atoms with Gasteiger partial charge >= 0.3 is 0 Å². The van der Waals surface area contributed by atoms with Crippen molar-refractivity contribution < 1.29 is 14.3 Å². The monoisotopic (exact) mass is 538 g/mol. The Labute approximate surface area is 228 Å². The number of nitrogens with one attached hydrogen (secondary N) is 1. The summed E-state index contributed by atoms with van der Waals surface area (Å²) in [6, 6.07) is 23.5. The average molecular weight is 540 g/mol. The molecule has 0 spiro atoms. The molecule has 3 aromatic rings.